The first-order valence-corrected chi connectivity index (χ1v) is 12.3. The Morgan fingerprint density at radius 3 is 2.77 bits per heavy atom. The van der Waals surface area contributed by atoms with Crippen molar-refractivity contribution in [1.29, 1.82) is 0 Å². The molecule has 7 nitrogen and oxygen atoms in total. The molecule has 8 heteroatoms. The lowest BCUT2D eigenvalue weighted by Gasteiger charge is -2.28. The molecule has 0 saturated heterocycles. The number of hydrogen-bond donors (Lipinski definition) is 0. The van der Waals surface area contributed by atoms with Crippen molar-refractivity contribution in [2.75, 3.05) is 26.7 Å². The molecule has 35 heavy (non-hydrogen) atoms. The molecular weight excluding hydrogens is 447 g/mol. The minimum Gasteiger partial charge on any atom is -0.450 e. The molecule has 0 unspecified atom stereocenters. The largest absolute Gasteiger partial charge is 0.450 e. The number of furan rings is 1. The first kappa shape index (κ1) is 24.7. The molecule has 0 N–H and O–H groups in total. The molecule has 4 rings (SSSR count). The highest BCUT2D eigenvalue weighted by Crippen LogP contribution is 2.36. The van der Waals surface area contributed by atoms with E-state index in [1.807, 2.05) is 45.2 Å². The van der Waals surface area contributed by atoms with Gasteiger partial charge in [0, 0.05) is 63.7 Å². The maximum absolute atomic E-state index is 15.8. The average molecular weight is 481 g/mol. The molecule has 3 heterocycles. The van der Waals surface area contributed by atoms with Gasteiger partial charge in [0.25, 0.3) is 5.91 Å². The number of nitrogens with zero attached hydrogens (tertiary/aromatic N) is 4. The fourth-order valence-corrected chi connectivity index (χ4v) is 4.54. The Kier molecular flexibility index (Phi) is 7.38. The minimum absolute atomic E-state index is 0.0202. The Labute approximate surface area is 205 Å². The van der Waals surface area contributed by atoms with Crippen LogP contribution in [0.15, 0.2) is 41.1 Å². The third-order valence-corrected chi connectivity index (χ3v) is 6.47. The normalized spacial score (nSPS) is 14.0. The molecule has 0 saturated carbocycles. The number of halogens is 1. The number of hydrogen-bond acceptors (Lipinski definition) is 4. The van der Waals surface area contributed by atoms with Gasteiger partial charge in [0.2, 0.25) is 5.91 Å². The summed E-state index contributed by atoms with van der Waals surface area (Å²) in [6, 6.07) is 5.17. The minimum atomic E-state index is -0.414. The van der Waals surface area contributed by atoms with E-state index in [9.17, 15) is 9.59 Å². The summed E-state index contributed by atoms with van der Waals surface area (Å²) < 4.78 is 23.5. The molecule has 0 spiro atoms. The Hall–Kier alpha value is -3.42. The van der Waals surface area contributed by atoms with E-state index >= 15 is 4.39 Å². The molecule has 0 fully saturated rings. The van der Waals surface area contributed by atoms with E-state index in [4.69, 9.17) is 4.42 Å². The number of fused-ring (bicyclic) bond motifs is 1. The SMILES string of the molecule is CCCN(C)C(=O)c1cc2c(F)c(C3=CCCN(C(=O)CCn4cccn4)C3)cc(C(C)C)c2o1. The Bertz CT molecular complexity index is 1240. The zero-order valence-corrected chi connectivity index (χ0v) is 20.9. The molecule has 1 aromatic carbocycles. The maximum Gasteiger partial charge on any atom is 0.289 e. The molecule has 2 amide bonds. The van der Waals surface area contributed by atoms with Crippen molar-refractivity contribution in [2.45, 2.75) is 52.5 Å². The predicted molar refractivity (Wildman–Crippen MR) is 134 cm³/mol. The summed E-state index contributed by atoms with van der Waals surface area (Å²) in [7, 11) is 1.72. The highest BCUT2D eigenvalue weighted by atomic mass is 19.1. The zero-order valence-electron chi connectivity index (χ0n) is 20.9. The van der Waals surface area contributed by atoms with Crippen LogP contribution in [0, 0.1) is 5.82 Å². The van der Waals surface area contributed by atoms with Crippen molar-refractivity contribution in [2.24, 2.45) is 0 Å². The number of aryl methyl sites for hydroxylation is 1. The first-order chi connectivity index (χ1) is 16.8. The van der Waals surface area contributed by atoms with Gasteiger partial charge in [0.1, 0.15) is 11.4 Å². The van der Waals surface area contributed by atoms with Crippen LogP contribution in [-0.4, -0.2) is 58.1 Å². The van der Waals surface area contributed by atoms with Crippen LogP contribution in [0.2, 0.25) is 0 Å². The fourth-order valence-electron chi connectivity index (χ4n) is 4.54. The molecule has 2 aromatic heterocycles. The molecular formula is C27H33FN4O3. The van der Waals surface area contributed by atoms with Crippen molar-refractivity contribution in [3.05, 3.63) is 59.4 Å². The van der Waals surface area contributed by atoms with Crippen molar-refractivity contribution < 1.29 is 18.4 Å². The van der Waals surface area contributed by atoms with E-state index < -0.39 is 5.82 Å². The molecule has 0 aliphatic carbocycles. The van der Waals surface area contributed by atoms with Crippen molar-refractivity contribution in [3.63, 3.8) is 0 Å². The van der Waals surface area contributed by atoms with Gasteiger partial charge >= 0.3 is 0 Å². The summed E-state index contributed by atoms with van der Waals surface area (Å²) in [5.74, 6) is -0.448. The number of carbonyl (C=O) groups excluding carboxylic acids is 2. The number of rotatable bonds is 8. The first-order valence-electron chi connectivity index (χ1n) is 12.3. The van der Waals surface area contributed by atoms with Gasteiger partial charge < -0.3 is 14.2 Å². The van der Waals surface area contributed by atoms with Crippen molar-refractivity contribution in [1.82, 2.24) is 19.6 Å². The molecule has 1 aliphatic rings. The molecule has 186 valence electrons. The standard InChI is InChI=1S/C27H33FN4O3/c1-5-11-30(4)27(34)23-16-22-25(28)21(15-20(18(2)3)26(22)35-23)19-8-6-12-31(17-19)24(33)9-14-32-13-7-10-29-32/h7-8,10,13,15-16,18H,5-6,9,11-12,14,17H2,1-4H3. The van der Waals surface area contributed by atoms with Crippen LogP contribution < -0.4 is 0 Å². The number of carbonyl (C=O) groups is 2. The number of amides is 2. The van der Waals surface area contributed by atoms with Crippen molar-refractivity contribution in [3.8, 4) is 0 Å². The third kappa shape index (κ3) is 5.16. The zero-order chi connectivity index (χ0) is 25.1. The third-order valence-electron chi connectivity index (χ3n) is 6.47. The van der Waals surface area contributed by atoms with Crippen LogP contribution in [-0.2, 0) is 11.3 Å². The van der Waals surface area contributed by atoms with Crippen LogP contribution in [0.5, 0.6) is 0 Å². The van der Waals surface area contributed by atoms with E-state index in [2.05, 4.69) is 5.10 Å². The average Bonchev–Trinajstić information content (AvgIpc) is 3.53. The van der Waals surface area contributed by atoms with Gasteiger partial charge in [-0.15, -0.1) is 0 Å². The van der Waals surface area contributed by atoms with E-state index in [-0.39, 0.29) is 23.5 Å². The van der Waals surface area contributed by atoms with Crippen LogP contribution >= 0.6 is 0 Å². The van der Waals surface area contributed by atoms with Gasteiger partial charge in [0.15, 0.2) is 5.76 Å². The van der Waals surface area contributed by atoms with Crippen LogP contribution in [0.3, 0.4) is 0 Å². The fraction of sp³-hybridized carbons (Fsp3) is 0.444. The number of benzene rings is 1. The molecule has 0 radical (unpaired) electrons. The van der Waals surface area contributed by atoms with Crippen LogP contribution in [0.4, 0.5) is 4.39 Å². The van der Waals surface area contributed by atoms with Gasteiger partial charge in [0.05, 0.1) is 5.39 Å². The van der Waals surface area contributed by atoms with E-state index in [1.54, 1.807) is 27.7 Å². The highest BCUT2D eigenvalue weighted by molar-refractivity contribution is 5.98. The van der Waals surface area contributed by atoms with Gasteiger partial charge in [-0.25, -0.2) is 4.39 Å². The van der Waals surface area contributed by atoms with Crippen LogP contribution in [0.1, 0.15) is 67.6 Å². The quantitative estimate of drug-likeness (QED) is 0.451. The van der Waals surface area contributed by atoms with Gasteiger partial charge in [-0.1, -0.05) is 26.8 Å². The second-order valence-electron chi connectivity index (χ2n) is 9.41. The summed E-state index contributed by atoms with van der Waals surface area (Å²) in [6.45, 7) is 8.09. The summed E-state index contributed by atoms with van der Waals surface area (Å²) in [4.78, 5) is 29.0. The Morgan fingerprint density at radius 1 is 1.29 bits per heavy atom. The second kappa shape index (κ2) is 10.5. The molecule has 1 aliphatic heterocycles. The lowest BCUT2D eigenvalue weighted by Crippen LogP contribution is -2.36. The second-order valence-corrected chi connectivity index (χ2v) is 9.41. The summed E-state index contributed by atoms with van der Waals surface area (Å²) in [5, 5.41) is 4.45. The smallest absolute Gasteiger partial charge is 0.289 e. The Morgan fingerprint density at radius 2 is 2.09 bits per heavy atom. The summed E-state index contributed by atoms with van der Waals surface area (Å²) in [6.07, 6.45) is 7.35. The van der Waals surface area contributed by atoms with Gasteiger partial charge in [-0.05, 0) is 42.0 Å². The van der Waals surface area contributed by atoms with E-state index in [1.165, 1.54) is 6.07 Å². The Balaban J connectivity index is 1.63. The highest BCUT2D eigenvalue weighted by Gasteiger charge is 2.26. The predicted octanol–water partition coefficient (Wildman–Crippen LogP) is 5.08. The number of aromatic nitrogens is 2. The van der Waals surface area contributed by atoms with E-state index in [0.717, 1.165) is 17.6 Å². The lowest BCUT2D eigenvalue weighted by atomic mass is 9.92. The monoisotopic (exact) mass is 480 g/mol. The maximum atomic E-state index is 15.8. The topological polar surface area (TPSA) is 71.6 Å². The van der Waals surface area contributed by atoms with Gasteiger partial charge in [-0.3, -0.25) is 14.3 Å². The molecule has 0 bridgehead atoms. The lowest BCUT2D eigenvalue weighted by molar-refractivity contribution is -0.131. The van der Waals surface area contributed by atoms with Crippen molar-refractivity contribution >= 4 is 28.4 Å². The summed E-state index contributed by atoms with van der Waals surface area (Å²) >= 11 is 0. The molecule has 3 aromatic rings. The van der Waals surface area contributed by atoms with Crippen LogP contribution in [0.25, 0.3) is 16.5 Å². The van der Waals surface area contributed by atoms with Gasteiger partial charge in [-0.2, -0.15) is 5.10 Å². The van der Waals surface area contributed by atoms with E-state index in [0.29, 0.717) is 55.6 Å². The molecule has 0 atom stereocenters. The summed E-state index contributed by atoms with van der Waals surface area (Å²) in [5.41, 5.74) is 2.50.